The van der Waals surface area contributed by atoms with Gasteiger partial charge in [-0.05, 0) is 87.5 Å². The van der Waals surface area contributed by atoms with Gasteiger partial charge in [0, 0.05) is 40.2 Å². The fraction of sp³-hybridized carbons (Fsp3) is 0.265. The number of fused-ring (bicyclic) bond motifs is 3. The maximum Gasteiger partial charge on any atom is 0.264 e. The van der Waals surface area contributed by atoms with E-state index in [0.717, 1.165) is 33.0 Å². The highest BCUT2D eigenvalue weighted by Gasteiger charge is 2.27. The molecule has 7 nitrogen and oxygen atoms in total. The number of pyridine rings is 1. The Kier molecular flexibility index (Phi) is 10.2. The minimum absolute atomic E-state index is 0.239. The molecule has 0 unspecified atom stereocenters. The van der Waals surface area contributed by atoms with Crippen LogP contribution in [0.4, 0.5) is 11.4 Å². The van der Waals surface area contributed by atoms with Crippen LogP contribution in [-0.4, -0.2) is 45.6 Å². The van der Waals surface area contributed by atoms with Crippen LogP contribution in [0.25, 0.3) is 21.7 Å². The zero-order valence-corrected chi connectivity index (χ0v) is 30.2. The standard InChI is InChI=1S/C34H35Br2N3O4S2/c1-24-6-12-29(13-7-24)44(40,41)38(20-4-18-35)27-10-16-31-32-17-11-28(23-34(32)37-26(3)33(31)22-27)39(21-5-19-36)45(42,43)30-14-8-25(2)9-15-30/h6-17,22-23H,4-5,18-21H2,1-3H3. The van der Waals surface area contributed by atoms with E-state index in [2.05, 4.69) is 31.9 Å². The van der Waals surface area contributed by atoms with Gasteiger partial charge in [0.1, 0.15) is 0 Å². The number of alkyl halides is 2. The summed E-state index contributed by atoms with van der Waals surface area (Å²) in [6.45, 7) is 6.36. The molecule has 0 saturated heterocycles. The van der Waals surface area contributed by atoms with Crippen molar-refractivity contribution in [2.24, 2.45) is 0 Å². The van der Waals surface area contributed by atoms with Gasteiger partial charge in [-0.25, -0.2) is 16.8 Å². The molecule has 236 valence electrons. The lowest BCUT2D eigenvalue weighted by Gasteiger charge is -2.26. The smallest absolute Gasteiger partial charge is 0.264 e. The molecule has 0 aliphatic heterocycles. The Morgan fingerprint density at radius 3 is 1.49 bits per heavy atom. The molecule has 0 N–H and O–H groups in total. The molecule has 0 spiro atoms. The first kappa shape index (κ1) is 33.4. The number of rotatable bonds is 12. The van der Waals surface area contributed by atoms with E-state index in [4.69, 9.17) is 4.98 Å². The maximum absolute atomic E-state index is 13.8. The molecule has 45 heavy (non-hydrogen) atoms. The van der Waals surface area contributed by atoms with E-state index in [9.17, 15) is 16.8 Å². The minimum atomic E-state index is -3.81. The molecule has 0 aliphatic rings. The molecule has 0 saturated carbocycles. The summed E-state index contributed by atoms with van der Waals surface area (Å²) in [5.74, 6) is 0. The fourth-order valence-corrected chi connectivity index (χ4v) is 8.81. The summed E-state index contributed by atoms with van der Waals surface area (Å²) in [6, 6.07) is 25.0. The van der Waals surface area contributed by atoms with Crippen LogP contribution in [0.1, 0.15) is 29.7 Å². The Hall–Kier alpha value is -2.99. The molecule has 0 radical (unpaired) electrons. The number of hydrogen-bond acceptors (Lipinski definition) is 5. The number of sulfonamides is 2. The van der Waals surface area contributed by atoms with Crippen molar-refractivity contribution < 1.29 is 16.8 Å². The number of aryl methyl sites for hydroxylation is 3. The van der Waals surface area contributed by atoms with Crippen LogP contribution < -0.4 is 8.61 Å². The summed E-state index contributed by atoms with van der Waals surface area (Å²) in [5.41, 5.74) is 4.46. The molecule has 11 heteroatoms. The van der Waals surface area contributed by atoms with Crippen LogP contribution in [-0.2, 0) is 20.0 Å². The number of benzene rings is 4. The highest BCUT2D eigenvalue weighted by atomic mass is 79.9. The van der Waals surface area contributed by atoms with Crippen LogP contribution in [0.5, 0.6) is 0 Å². The Bertz CT molecular complexity index is 2050. The van der Waals surface area contributed by atoms with Crippen LogP contribution >= 0.6 is 31.9 Å². The number of nitrogens with zero attached hydrogens (tertiary/aromatic N) is 3. The highest BCUT2D eigenvalue weighted by Crippen LogP contribution is 2.35. The Labute approximate surface area is 282 Å². The van der Waals surface area contributed by atoms with E-state index in [-0.39, 0.29) is 9.79 Å². The minimum Gasteiger partial charge on any atom is -0.266 e. The van der Waals surface area contributed by atoms with Crippen molar-refractivity contribution >= 4 is 85.0 Å². The van der Waals surface area contributed by atoms with Gasteiger partial charge in [-0.2, -0.15) is 0 Å². The predicted octanol–water partition coefficient (Wildman–Crippen LogP) is 8.27. The first-order chi connectivity index (χ1) is 21.5. The van der Waals surface area contributed by atoms with Gasteiger partial charge in [0.2, 0.25) is 0 Å². The number of aromatic nitrogens is 1. The second-order valence-corrected chi connectivity index (χ2v) is 16.3. The van der Waals surface area contributed by atoms with Gasteiger partial charge in [0.15, 0.2) is 0 Å². The van der Waals surface area contributed by atoms with Crippen LogP contribution in [0, 0.1) is 20.8 Å². The quantitative estimate of drug-likeness (QED) is 0.0942. The average molecular weight is 774 g/mol. The van der Waals surface area contributed by atoms with Gasteiger partial charge >= 0.3 is 0 Å². The number of halogens is 2. The summed E-state index contributed by atoms with van der Waals surface area (Å²) in [6.07, 6.45) is 1.27. The van der Waals surface area contributed by atoms with E-state index in [1.54, 1.807) is 48.5 Å². The van der Waals surface area contributed by atoms with E-state index in [1.165, 1.54) is 8.61 Å². The summed E-state index contributed by atoms with van der Waals surface area (Å²) in [4.78, 5) is 5.36. The van der Waals surface area contributed by atoms with Crippen molar-refractivity contribution in [1.82, 2.24) is 4.98 Å². The topological polar surface area (TPSA) is 87.7 Å². The molecule has 0 aliphatic carbocycles. The van der Waals surface area contributed by atoms with E-state index >= 15 is 0 Å². The molecule has 0 atom stereocenters. The van der Waals surface area contributed by atoms with Gasteiger partial charge in [0.05, 0.1) is 26.7 Å². The highest BCUT2D eigenvalue weighted by molar-refractivity contribution is 9.09. The second kappa shape index (κ2) is 13.8. The predicted molar refractivity (Wildman–Crippen MR) is 192 cm³/mol. The molecule has 5 aromatic rings. The number of hydrogen-bond donors (Lipinski definition) is 0. The summed E-state index contributed by atoms with van der Waals surface area (Å²) < 4.78 is 58.1. The van der Waals surface area contributed by atoms with E-state index < -0.39 is 20.0 Å². The summed E-state index contributed by atoms with van der Waals surface area (Å²) in [5, 5.41) is 3.93. The van der Waals surface area contributed by atoms with Crippen molar-refractivity contribution in [2.75, 3.05) is 32.4 Å². The van der Waals surface area contributed by atoms with E-state index in [0.29, 0.717) is 53.5 Å². The van der Waals surface area contributed by atoms with Crippen molar-refractivity contribution in [1.29, 1.82) is 0 Å². The molecule has 0 bridgehead atoms. The largest absolute Gasteiger partial charge is 0.266 e. The zero-order valence-electron chi connectivity index (χ0n) is 25.4. The molecule has 5 rings (SSSR count). The molecule has 1 aromatic heterocycles. The average Bonchev–Trinajstić information content (AvgIpc) is 3.01. The first-order valence-electron chi connectivity index (χ1n) is 14.6. The lowest BCUT2D eigenvalue weighted by molar-refractivity contribution is 0.588. The van der Waals surface area contributed by atoms with Gasteiger partial charge < -0.3 is 0 Å². The van der Waals surface area contributed by atoms with Crippen LogP contribution in [0.15, 0.2) is 94.7 Å². The normalized spacial score (nSPS) is 12.1. The zero-order chi connectivity index (χ0) is 32.4. The van der Waals surface area contributed by atoms with Crippen molar-refractivity contribution in [3.05, 3.63) is 102 Å². The lowest BCUT2D eigenvalue weighted by Crippen LogP contribution is -2.32. The molecular weight excluding hydrogens is 738 g/mol. The lowest BCUT2D eigenvalue weighted by atomic mass is 10.0. The molecule has 4 aromatic carbocycles. The van der Waals surface area contributed by atoms with Gasteiger partial charge in [-0.3, -0.25) is 13.6 Å². The fourth-order valence-electron chi connectivity index (χ4n) is 5.32. The van der Waals surface area contributed by atoms with Gasteiger partial charge in [0.25, 0.3) is 20.0 Å². The van der Waals surface area contributed by atoms with Gasteiger partial charge in [-0.15, -0.1) is 0 Å². The monoisotopic (exact) mass is 771 g/mol. The number of anilines is 2. The van der Waals surface area contributed by atoms with Crippen molar-refractivity contribution in [2.45, 2.75) is 43.4 Å². The maximum atomic E-state index is 13.8. The Morgan fingerprint density at radius 2 is 1.02 bits per heavy atom. The van der Waals surface area contributed by atoms with Gasteiger partial charge in [-0.1, -0.05) is 79.4 Å². The van der Waals surface area contributed by atoms with Crippen molar-refractivity contribution in [3.8, 4) is 0 Å². The third-order valence-electron chi connectivity index (χ3n) is 7.74. The molecule has 0 fully saturated rings. The first-order valence-corrected chi connectivity index (χ1v) is 19.7. The summed E-state index contributed by atoms with van der Waals surface area (Å²) in [7, 11) is -7.61. The Morgan fingerprint density at radius 1 is 0.578 bits per heavy atom. The Balaban J connectivity index is 1.59. The third-order valence-corrected chi connectivity index (χ3v) is 12.5. The molecular formula is C34H35Br2N3O4S2. The molecule has 1 heterocycles. The van der Waals surface area contributed by atoms with E-state index in [1.807, 2.05) is 57.2 Å². The summed E-state index contributed by atoms with van der Waals surface area (Å²) >= 11 is 6.88. The SMILES string of the molecule is Cc1ccc(S(=O)(=O)N(CCCBr)c2ccc3c(c2)nc(C)c2cc(N(CCCBr)S(=O)(=O)c4ccc(C)cc4)ccc23)cc1. The van der Waals surface area contributed by atoms with Crippen LogP contribution in [0.2, 0.25) is 0 Å². The third kappa shape index (κ3) is 6.91. The van der Waals surface area contributed by atoms with Crippen LogP contribution in [0.3, 0.4) is 0 Å². The second-order valence-electron chi connectivity index (χ2n) is 11.0. The van der Waals surface area contributed by atoms with Crippen molar-refractivity contribution in [3.63, 3.8) is 0 Å². The molecule has 0 amide bonds.